The maximum absolute atomic E-state index is 15.4. The molecule has 2 aliphatic rings. The minimum Gasteiger partial charge on any atom is -0.497 e. The van der Waals surface area contributed by atoms with Crippen molar-refractivity contribution in [1.29, 1.82) is 0 Å². The van der Waals surface area contributed by atoms with Crippen LogP contribution in [0.1, 0.15) is 52.0 Å². The van der Waals surface area contributed by atoms with Crippen LogP contribution in [0.4, 0.5) is 17.1 Å². The second-order valence-electron chi connectivity index (χ2n) is 16.2. The summed E-state index contributed by atoms with van der Waals surface area (Å²) >= 11 is 0. The number of hydrogen-bond acceptors (Lipinski definition) is 8. The number of fused-ring (bicyclic) bond motifs is 2. The average Bonchev–Trinajstić information content (AvgIpc) is 3.91. The van der Waals surface area contributed by atoms with Gasteiger partial charge in [0, 0.05) is 41.2 Å². The third kappa shape index (κ3) is 7.43. The Balaban J connectivity index is 1.18. The summed E-state index contributed by atoms with van der Waals surface area (Å²) in [5.74, 6) is -0.172. The molecule has 5 atom stereocenters. The van der Waals surface area contributed by atoms with E-state index in [4.69, 9.17) is 15.2 Å². The van der Waals surface area contributed by atoms with Crippen LogP contribution in [0.25, 0.3) is 0 Å². The van der Waals surface area contributed by atoms with Gasteiger partial charge in [-0.05, 0) is 77.7 Å². The van der Waals surface area contributed by atoms with Gasteiger partial charge in [0.05, 0.1) is 51.7 Å². The number of nitrogens with one attached hydrogen (secondary N) is 1. The Morgan fingerprint density at radius 3 is 2.34 bits per heavy atom. The molecular formula is C47H50N6O5Si. The number of amides is 2. The van der Waals surface area contributed by atoms with Crippen molar-refractivity contribution in [3.8, 4) is 5.75 Å². The van der Waals surface area contributed by atoms with Gasteiger partial charge in [-0.15, -0.1) is 5.10 Å². The van der Waals surface area contributed by atoms with E-state index >= 15 is 4.79 Å². The molecule has 302 valence electrons. The van der Waals surface area contributed by atoms with Crippen LogP contribution < -0.4 is 25.9 Å². The lowest BCUT2D eigenvalue weighted by atomic mass is 9.82. The second kappa shape index (κ2) is 16.3. The summed E-state index contributed by atoms with van der Waals surface area (Å²) in [6.45, 7) is 7.64. The lowest BCUT2D eigenvalue weighted by Gasteiger charge is -2.37. The standard InChI is InChI=1S/C47H50N6O5Si/c1-31-44(59(3,4)38-22-20-37(57-2)21-23-38)43(25-26-52-29-41(50-51-52)39(30-54)33-13-9-6-10-14-33)58-47(31)40-27-36(49-45(55)34-15-17-35(48)18-16-34)19-24-42(40)53(46(47)56)28-32-11-7-5-8-12-32/h5-24,27,29,31,39,43-44,54H,25-26,28,30,48H2,1-4H3,(H,49,55)/t31-,39?,43+,44-,47+/m0/s1. The van der Waals surface area contributed by atoms with E-state index in [-0.39, 0.29) is 41.9 Å². The number of aromatic nitrogens is 3. The van der Waals surface area contributed by atoms with E-state index in [2.05, 4.69) is 47.8 Å². The SMILES string of the molecule is COc1ccc([Si](C)(C)[C@@H]2[C@@H](CCn3cc(C(CO)c4ccccc4)nn3)O[C@]3(C(=O)N(Cc4ccccc4)c4ccc(NC(=O)c5ccc(N)cc5)cc43)[C@H]2C)cc1. The summed E-state index contributed by atoms with van der Waals surface area (Å²) in [4.78, 5) is 30.7. The molecule has 1 aromatic heterocycles. The lowest BCUT2D eigenvalue weighted by Crippen LogP contribution is -2.51. The highest BCUT2D eigenvalue weighted by atomic mass is 28.3. The van der Waals surface area contributed by atoms with Gasteiger partial charge in [0.15, 0.2) is 5.60 Å². The van der Waals surface area contributed by atoms with Crippen molar-refractivity contribution in [3.63, 3.8) is 0 Å². The number of benzene rings is 5. The van der Waals surface area contributed by atoms with Crippen LogP contribution in [0.3, 0.4) is 0 Å². The molecule has 5 aromatic carbocycles. The number of aryl methyl sites for hydroxylation is 1. The van der Waals surface area contributed by atoms with Crippen molar-refractivity contribution in [2.75, 3.05) is 29.7 Å². The van der Waals surface area contributed by atoms with Gasteiger partial charge in [0.25, 0.3) is 11.8 Å². The maximum Gasteiger partial charge on any atom is 0.264 e. The monoisotopic (exact) mass is 806 g/mol. The Morgan fingerprint density at radius 1 is 0.966 bits per heavy atom. The minimum atomic E-state index is -2.45. The molecule has 0 radical (unpaired) electrons. The molecule has 8 rings (SSSR count). The van der Waals surface area contributed by atoms with E-state index < -0.39 is 13.7 Å². The molecule has 4 N–H and O–H groups in total. The minimum absolute atomic E-state index is 0.0186. The van der Waals surface area contributed by atoms with Crippen LogP contribution in [-0.4, -0.2) is 59.8 Å². The molecule has 0 bridgehead atoms. The first-order chi connectivity index (χ1) is 28.5. The predicted octanol–water partition coefficient (Wildman–Crippen LogP) is 7.10. The number of nitrogens with two attached hydrogens (primary N) is 1. The van der Waals surface area contributed by atoms with E-state index in [1.165, 1.54) is 5.19 Å². The first-order valence-electron chi connectivity index (χ1n) is 20.1. The van der Waals surface area contributed by atoms with Crippen molar-refractivity contribution in [3.05, 3.63) is 162 Å². The molecule has 2 aliphatic heterocycles. The fraction of sp³-hybridized carbons (Fsp3) is 0.277. The van der Waals surface area contributed by atoms with Crippen LogP contribution >= 0.6 is 0 Å². The van der Waals surface area contributed by atoms with E-state index in [1.54, 1.807) is 31.4 Å². The van der Waals surface area contributed by atoms with Gasteiger partial charge in [0.1, 0.15) is 5.75 Å². The molecule has 2 amide bonds. The van der Waals surface area contributed by atoms with Crippen molar-refractivity contribution < 1.29 is 24.2 Å². The largest absolute Gasteiger partial charge is 0.497 e. The normalized spacial score (nSPS) is 20.5. The number of aliphatic hydroxyl groups is 1. The number of nitrogen functional groups attached to an aromatic ring is 1. The third-order valence-electron chi connectivity index (χ3n) is 12.4. The van der Waals surface area contributed by atoms with Crippen molar-refractivity contribution in [2.24, 2.45) is 5.92 Å². The zero-order valence-corrected chi connectivity index (χ0v) is 34.8. The van der Waals surface area contributed by atoms with Crippen LogP contribution in [0.5, 0.6) is 5.75 Å². The summed E-state index contributed by atoms with van der Waals surface area (Å²) in [6, 6.07) is 40.6. The number of methoxy groups -OCH3 is 1. The Hall–Kier alpha value is -6.08. The van der Waals surface area contributed by atoms with Crippen LogP contribution in [0.2, 0.25) is 18.6 Å². The Labute approximate surface area is 345 Å². The molecule has 1 fully saturated rings. The molecule has 12 heteroatoms. The predicted molar refractivity (Wildman–Crippen MR) is 232 cm³/mol. The second-order valence-corrected chi connectivity index (χ2v) is 20.9. The van der Waals surface area contributed by atoms with Crippen LogP contribution in [0.15, 0.2) is 134 Å². The van der Waals surface area contributed by atoms with E-state index in [0.29, 0.717) is 42.1 Å². The Morgan fingerprint density at radius 2 is 1.66 bits per heavy atom. The molecule has 1 saturated heterocycles. The third-order valence-corrected chi connectivity index (χ3v) is 16.8. The molecule has 1 unspecified atom stereocenters. The number of anilines is 3. The fourth-order valence-corrected chi connectivity index (χ4v) is 13.4. The topological polar surface area (TPSA) is 145 Å². The zero-order valence-electron chi connectivity index (χ0n) is 33.8. The van der Waals surface area contributed by atoms with E-state index in [0.717, 1.165) is 28.1 Å². The van der Waals surface area contributed by atoms with E-state index in [1.807, 2.05) is 107 Å². The van der Waals surface area contributed by atoms with Crippen molar-refractivity contribution >= 4 is 42.1 Å². The lowest BCUT2D eigenvalue weighted by molar-refractivity contribution is -0.146. The molecule has 0 aliphatic carbocycles. The van der Waals surface area contributed by atoms with Gasteiger partial charge >= 0.3 is 0 Å². The number of carbonyl (C=O) groups excluding carboxylic acids is 2. The quantitative estimate of drug-likeness (QED) is 0.0829. The fourth-order valence-electron chi connectivity index (χ4n) is 9.32. The summed E-state index contributed by atoms with van der Waals surface area (Å²) in [5, 5.41) is 23.6. The molecule has 0 saturated carbocycles. The molecular weight excluding hydrogens is 757 g/mol. The average molecular weight is 807 g/mol. The van der Waals surface area contributed by atoms with Gasteiger partial charge < -0.3 is 30.5 Å². The highest BCUT2D eigenvalue weighted by Gasteiger charge is 2.66. The van der Waals surface area contributed by atoms with Gasteiger partial charge in [0.2, 0.25) is 0 Å². The number of hydrogen-bond donors (Lipinski definition) is 3. The number of rotatable bonds is 13. The first kappa shape index (κ1) is 39.7. The van der Waals surface area contributed by atoms with Gasteiger partial charge in [-0.3, -0.25) is 14.3 Å². The Kier molecular flexibility index (Phi) is 11.0. The van der Waals surface area contributed by atoms with E-state index in [9.17, 15) is 9.90 Å². The van der Waals surface area contributed by atoms with Crippen LogP contribution in [0, 0.1) is 5.92 Å². The molecule has 11 nitrogen and oxygen atoms in total. The summed E-state index contributed by atoms with van der Waals surface area (Å²) < 4.78 is 14.8. The smallest absolute Gasteiger partial charge is 0.264 e. The van der Waals surface area contributed by atoms with Crippen molar-refractivity contribution in [2.45, 2.75) is 62.7 Å². The zero-order chi connectivity index (χ0) is 41.3. The highest BCUT2D eigenvalue weighted by Crippen LogP contribution is 2.60. The number of nitrogens with zero attached hydrogens (tertiary/aromatic N) is 4. The molecule has 3 heterocycles. The summed E-state index contributed by atoms with van der Waals surface area (Å²) in [7, 11) is -0.782. The van der Waals surface area contributed by atoms with Gasteiger partial charge in [-0.1, -0.05) is 103 Å². The van der Waals surface area contributed by atoms with Gasteiger partial charge in [-0.2, -0.15) is 0 Å². The summed E-state index contributed by atoms with van der Waals surface area (Å²) in [6.07, 6.45) is 2.12. The molecule has 1 spiro atoms. The van der Waals surface area contributed by atoms with Gasteiger partial charge in [-0.25, -0.2) is 0 Å². The number of ether oxygens (including phenoxy) is 2. The number of aliphatic hydroxyl groups excluding tert-OH is 1. The molecule has 6 aromatic rings. The first-order valence-corrected chi connectivity index (χ1v) is 23.2. The Bertz CT molecular complexity index is 2430. The van der Waals surface area contributed by atoms with Crippen molar-refractivity contribution in [1.82, 2.24) is 15.0 Å². The maximum atomic E-state index is 15.4. The highest BCUT2D eigenvalue weighted by molar-refractivity contribution is 6.91. The number of carbonyl (C=O) groups is 2. The summed E-state index contributed by atoms with van der Waals surface area (Å²) in [5.41, 5.74) is 10.3. The molecule has 59 heavy (non-hydrogen) atoms. The van der Waals surface area contributed by atoms with Crippen LogP contribution in [-0.2, 0) is 28.2 Å².